The summed E-state index contributed by atoms with van der Waals surface area (Å²) in [6.45, 7) is 2.82. The molecule has 120 valence electrons. The van der Waals surface area contributed by atoms with Crippen LogP contribution in [0.25, 0.3) is 22.4 Å². The van der Waals surface area contributed by atoms with Gasteiger partial charge in [-0.05, 0) is 25.1 Å². The first-order valence-corrected chi connectivity index (χ1v) is 8.87. The number of aryl methyl sites for hydroxylation is 1. The number of hydrogen-bond acceptors (Lipinski definition) is 3. The van der Waals surface area contributed by atoms with Crippen LogP contribution in [0.2, 0.25) is 0 Å². The number of benzene rings is 2. The van der Waals surface area contributed by atoms with Gasteiger partial charge in [0.25, 0.3) is 0 Å². The molecule has 1 aromatic heterocycles. The average Bonchev–Trinajstić information content (AvgIpc) is 2.93. The minimum absolute atomic E-state index is 0.260. The highest BCUT2D eigenvalue weighted by atomic mass is 32.2. The van der Waals surface area contributed by atoms with Gasteiger partial charge in [0.2, 0.25) is 10.0 Å². The van der Waals surface area contributed by atoms with E-state index >= 15 is 0 Å². The Labute approximate surface area is 136 Å². The first-order valence-electron chi connectivity index (χ1n) is 7.43. The Bertz CT molecular complexity index is 945. The number of fused-ring (bicyclic) bond motifs is 1. The third kappa shape index (κ3) is 2.64. The summed E-state index contributed by atoms with van der Waals surface area (Å²) in [6, 6.07) is 15.0. The zero-order valence-electron chi connectivity index (χ0n) is 13.4. The van der Waals surface area contributed by atoms with Gasteiger partial charge in [0.05, 0.1) is 15.9 Å². The zero-order valence-corrected chi connectivity index (χ0v) is 14.2. The van der Waals surface area contributed by atoms with Crippen LogP contribution in [0.5, 0.6) is 0 Å². The molecule has 0 aliphatic carbocycles. The topological polar surface area (TPSA) is 55.2 Å². The quantitative estimate of drug-likeness (QED) is 0.739. The molecular formula is C17H19N3O2S. The zero-order chi connectivity index (χ0) is 16.6. The number of nitrogens with zero attached hydrogens (tertiary/aromatic N) is 3. The molecule has 0 N–H and O–H groups in total. The fraction of sp³-hybridized carbons (Fsp3) is 0.235. The molecule has 0 atom stereocenters. The van der Waals surface area contributed by atoms with E-state index in [9.17, 15) is 8.42 Å². The van der Waals surface area contributed by atoms with Crippen molar-refractivity contribution in [3.05, 3.63) is 48.5 Å². The van der Waals surface area contributed by atoms with Crippen LogP contribution in [-0.4, -0.2) is 36.4 Å². The van der Waals surface area contributed by atoms with E-state index in [1.807, 2.05) is 36.4 Å². The largest absolute Gasteiger partial charge is 0.324 e. The van der Waals surface area contributed by atoms with E-state index in [1.165, 1.54) is 18.4 Å². The molecule has 0 fully saturated rings. The molecule has 23 heavy (non-hydrogen) atoms. The molecule has 0 aliphatic rings. The molecular weight excluding hydrogens is 310 g/mol. The Hall–Kier alpha value is -2.18. The lowest BCUT2D eigenvalue weighted by atomic mass is 10.2. The maximum absolute atomic E-state index is 12.3. The highest BCUT2D eigenvalue weighted by Crippen LogP contribution is 2.27. The molecule has 0 aliphatic heterocycles. The minimum Gasteiger partial charge on any atom is -0.324 e. The molecule has 0 radical (unpaired) electrons. The van der Waals surface area contributed by atoms with Crippen molar-refractivity contribution in [2.45, 2.75) is 18.4 Å². The van der Waals surface area contributed by atoms with Crippen LogP contribution in [0.3, 0.4) is 0 Å². The Morgan fingerprint density at radius 1 is 1.09 bits per heavy atom. The summed E-state index contributed by atoms with van der Waals surface area (Å²) < 4.78 is 27.9. The number of imidazole rings is 1. The van der Waals surface area contributed by atoms with Crippen molar-refractivity contribution in [2.75, 3.05) is 14.1 Å². The molecule has 0 unspecified atom stereocenters. The maximum atomic E-state index is 12.3. The lowest BCUT2D eigenvalue weighted by Crippen LogP contribution is -2.22. The van der Waals surface area contributed by atoms with E-state index in [0.717, 1.165) is 23.4 Å². The molecule has 0 amide bonds. The van der Waals surface area contributed by atoms with Crippen molar-refractivity contribution in [3.63, 3.8) is 0 Å². The molecule has 1 heterocycles. The second-order valence-electron chi connectivity index (χ2n) is 5.48. The Balaban J connectivity index is 2.23. The van der Waals surface area contributed by atoms with E-state index in [-0.39, 0.29) is 4.90 Å². The molecule has 0 spiro atoms. The van der Waals surface area contributed by atoms with E-state index in [2.05, 4.69) is 16.5 Å². The Morgan fingerprint density at radius 3 is 2.39 bits per heavy atom. The van der Waals surface area contributed by atoms with Crippen LogP contribution in [0.4, 0.5) is 0 Å². The second-order valence-corrected chi connectivity index (χ2v) is 7.64. The van der Waals surface area contributed by atoms with E-state index in [0.29, 0.717) is 5.52 Å². The monoisotopic (exact) mass is 329 g/mol. The van der Waals surface area contributed by atoms with E-state index in [4.69, 9.17) is 0 Å². The highest BCUT2D eigenvalue weighted by molar-refractivity contribution is 7.89. The van der Waals surface area contributed by atoms with Gasteiger partial charge in [-0.25, -0.2) is 17.7 Å². The summed E-state index contributed by atoms with van der Waals surface area (Å²) in [6.07, 6.45) is 0. The molecule has 0 bridgehead atoms. The summed E-state index contributed by atoms with van der Waals surface area (Å²) in [4.78, 5) is 4.93. The smallest absolute Gasteiger partial charge is 0.242 e. The molecule has 0 saturated carbocycles. The molecule has 0 saturated heterocycles. The predicted molar refractivity (Wildman–Crippen MR) is 91.7 cm³/mol. The van der Waals surface area contributed by atoms with Crippen molar-refractivity contribution in [3.8, 4) is 11.4 Å². The van der Waals surface area contributed by atoms with Gasteiger partial charge in [-0.3, -0.25) is 0 Å². The summed E-state index contributed by atoms with van der Waals surface area (Å²) in [7, 11) is -0.405. The van der Waals surface area contributed by atoms with Crippen molar-refractivity contribution < 1.29 is 8.42 Å². The van der Waals surface area contributed by atoms with Crippen LogP contribution in [-0.2, 0) is 16.6 Å². The van der Waals surface area contributed by atoms with Gasteiger partial charge in [-0.2, -0.15) is 0 Å². The van der Waals surface area contributed by atoms with Crippen molar-refractivity contribution in [1.82, 2.24) is 13.9 Å². The Kier molecular flexibility index (Phi) is 3.95. The summed E-state index contributed by atoms with van der Waals surface area (Å²) in [5.41, 5.74) is 2.64. The third-order valence-electron chi connectivity index (χ3n) is 3.85. The van der Waals surface area contributed by atoms with Crippen LogP contribution in [0, 0.1) is 0 Å². The van der Waals surface area contributed by atoms with E-state index < -0.39 is 10.0 Å². The molecule has 3 rings (SSSR count). The average molecular weight is 329 g/mol. The predicted octanol–water partition coefficient (Wildman–Crippen LogP) is 2.97. The fourth-order valence-electron chi connectivity index (χ4n) is 2.61. The first kappa shape index (κ1) is 15.7. The van der Waals surface area contributed by atoms with Crippen molar-refractivity contribution >= 4 is 21.1 Å². The van der Waals surface area contributed by atoms with Crippen LogP contribution < -0.4 is 0 Å². The van der Waals surface area contributed by atoms with Gasteiger partial charge in [0.15, 0.2) is 0 Å². The van der Waals surface area contributed by atoms with E-state index in [1.54, 1.807) is 12.1 Å². The fourth-order valence-corrected chi connectivity index (χ4v) is 3.53. The third-order valence-corrected chi connectivity index (χ3v) is 5.66. The standard InChI is InChI=1S/C17H19N3O2S/c1-4-20-16-11-10-14(23(21,22)19(2)3)12-15(16)18-17(20)13-8-6-5-7-9-13/h5-12H,4H2,1-3H3. The van der Waals surface area contributed by atoms with Gasteiger partial charge in [0.1, 0.15) is 5.82 Å². The summed E-state index contributed by atoms with van der Waals surface area (Å²) >= 11 is 0. The van der Waals surface area contributed by atoms with Crippen LogP contribution in [0.15, 0.2) is 53.4 Å². The normalized spacial score (nSPS) is 12.2. The number of sulfonamides is 1. The van der Waals surface area contributed by atoms with Gasteiger partial charge in [-0.15, -0.1) is 0 Å². The highest BCUT2D eigenvalue weighted by Gasteiger charge is 2.19. The van der Waals surface area contributed by atoms with Gasteiger partial charge < -0.3 is 4.57 Å². The molecule has 5 nitrogen and oxygen atoms in total. The molecule has 6 heteroatoms. The Morgan fingerprint density at radius 2 is 1.78 bits per heavy atom. The van der Waals surface area contributed by atoms with Gasteiger partial charge >= 0.3 is 0 Å². The number of aromatic nitrogens is 2. The maximum Gasteiger partial charge on any atom is 0.242 e. The summed E-state index contributed by atoms with van der Waals surface area (Å²) in [5.74, 6) is 0.850. The van der Waals surface area contributed by atoms with Gasteiger partial charge in [-0.1, -0.05) is 30.3 Å². The lowest BCUT2D eigenvalue weighted by Gasteiger charge is -2.11. The molecule has 3 aromatic rings. The second kappa shape index (κ2) is 5.79. The SMILES string of the molecule is CCn1c(-c2ccccc2)nc2cc(S(=O)(=O)N(C)C)ccc21. The number of hydrogen-bond donors (Lipinski definition) is 0. The summed E-state index contributed by atoms with van der Waals surface area (Å²) in [5, 5.41) is 0. The van der Waals surface area contributed by atoms with Crippen molar-refractivity contribution in [1.29, 1.82) is 0 Å². The van der Waals surface area contributed by atoms with Crippen LogP contribution >= 0.6 is 0 Å². The number of rotatable bonds is 4. The molecule has 2 aromatic carbocycles. The van der Waals surface area contributed by atoms with Crippen LogP contribution in [0.1, 0.15) is 6.92 Å². The lowest BCUT2D eigenvalue weighted by molar-refractivity contribution is 0.521. The minimum atomic E-state index is -3.46. The van der Waals surface area contributed by atoms with Gasteiger partial charge in [0, 0.05) is 26.2 Å². The van der Waals surface area contributed by atoms with Crippen molar-refractivity contribution in [2.24, 2.45) is 0 Å². The first-order chi connectivity index (χ1) is 10.9.